The average Bonchev–Trinajstić information content (AvgIpc) is 2.23. The van der Waals surface area contributed by atoms with Crippen LogP contribution in [0.1, 0.15) is 12.5 Å². The van der Waals surface area contributed by atoms with Gasteiger partial charge in [0.25, 0.3) is 0 Å². The quantitative estimate of drug-likeness (QED) is 0.838. The summed E-state index contributed by atoms with van der Waals surface area (Å²) in [4.78, 5) is 2.42. The van der Waals surface area contributed by atoms with Gasteiger partial charge in [0.15, 0.2) is 0 Å². The molecule has 5 heteroatoms. The van der Waals surface area contributed by atoms with Gasteiger partial charge in [-0.25, -0.2) is 4.39 Å². The smallest absolute Gasteiger partial charge is 0.129 e. The molecule has 0 saturated carbocycles. The number of benzene rings is 1. The largest absolute Gasteiger partial charge is 0.393 e. The first-order valence-corrected chi connectivity index (χ1v) is 6.11. The molecule has 0 aliphatic heterocycles. The summed E-state index contributed by atoms with van der Waals surface area (Å²) in [5.41, 5.74) is 6.05. The van der Waals surface area contributed by atoms with Gasteiger partial charge < -0.3 is 10.6 Å². The van der Waals surface area contributed by atoms with Gasteiger partial charge in [-0.1, -0.05) is 36.8 Å². The maximum Gasteiger partial charge on any atom is 0.129 e. The Labute approximate surface area is 112 Å². The molecule has 2 nitrogen and oxygen atoms in total. The van der Waals surface area contributed by atoms with E-state index in [0.29, 0.717) is 28.7 Å². The van der Waals surface area contributed by atoms with Gasteiger partial charge >= 0.3 is 0 Å². The Morgan fingerprint density at radius 3 is 2.76 bits per heavy atom. The van der Waals surface area contributed by atoms with Crippen LogP contribution in [-0.2, 0) is 6.54 Å². The van der Waals surface area contributed by atoms with E-state index in [2.05, 4.69) is 0 Å². The van der Waals surface area contributed by atoms with Crippen molar-refractivity contribution in [2.24, 2.45) is 11.7 Å². The summed E-state index contributed by atoms with van der Waals surface area (Å²) in [7, 11) is 1.89. The van der Waals surface area contributed by atoms with E-state index in [1.165, 1.54) is 6.07 Å². The molecule has 1 aromatic rings. The Morgan fingerprint density at radius 2 is 2.24 bits per heavy atom. The maximum absolute atomic E-state index is 13.5. The lowest BCUT2D eigenvalue weighted by atomic mass is 10.1. The minimum absolute atomic E-state index is 0.0977. The topological polar surface area (TPSA) is 29.3 Å². The molecule has 1 atom stereocenters. The average molecular weight is 275 g/mol. The van der Waals surface area contributed by atoms with Crippen molar-refractivity contribution >= 4 is 28.8 Å². The molecule has 0 radical (unpaired) electrons. The molecule has 0 aliphatic rings. The summed E-state index contributed by atoms with van der Waals surface area (Å²) in [6.07, 6.45) is 0. The van der Waals surface area contributed by atoms with Crippen molar-refractivity contribution in [2.75, 3.05) is 13.6 Å². The van der Waals surface area contributed by atoms with E-state index in [0.717, 1.165) is 0 Å². The van der Waals surface area contributed by atoms with Crippen LogP contribution in [0.4, 0.5) is 4.39 Å². The lowest BCUT2D eigenvalue weighted by Crippen LogP contribution is -2.31. The van der Waals surface area contributed by atoms with Gasteiger partial charge in [0.1, 0.15) is 5.82 Å². The molecule has 94 valence electrons. The normalized spacial score (nSPS) is 12.8. The van der Waals surface area contributed by atoms with E-state index in [9.17, 15) is 4.39 Å². The van der Waals surface area contributed by atoms with Crippen LogP contribution in [0.3, 0.4) is 0 Å². The summed E-state index contributed by atoms with van der Waals surface area (Å²) in [5, 5.41) is 0.444. The predicted octanol–water partition coefficient (Wildman–Crippen LogP) is 2.83. The molecule has 1 aromatic carbocycles. The number of hydrogen-bond donors (Lipinski definition) is 1. The number of hydrogen-bond acceptors (Lipinski definition) is 2. The van der Waals surface area contributed by atoms with Crippen LogP contribution < -0.4 is 5.73 Å². The van der Waals surface area contributed by atoms with Crippen molar-refractivity contribution in [3.8, 4) is 0 Å². The second kappa shape index (κ2) is 6.28. The molecule has 0 spiro atoms. The number of halogens is 2. The van der Waals surface area contributed by atoms with Crippen molar-refractivity contribution < 1.29 is 4.39 Å². The minimum atomic E-state index is -0.285. The third-order valence-electron chi connectivity index (χ3n) is 2.56. The van der Waals surface area contributed by atoms with E-state index >= 15 is 0 Å². The first-order chi connectivity index (χ1) is 7.91. The molecule has 0 aliphatic carbocycles. The zero-order valence-corrected chi connectivity index (χ0v) is 11.5. The maximum atomic E-state index is 13.5. The van der Waals surface area contributed by atoms with Crippen LogP contribution in [-0.4, -0.2) is 23.5 Å². The van der Waals surface area contributed by atoms with Gasteiger partial charge in [-0.3, -0.25) is 0 Å². The van der Waals surface area contributed by atoms with Gasteiger partial charge in [-0.05, 0) is 19.2 Å². The van der Waals surface area contributed by atoms with E-state index in [1.54, 1.807) is 12.1 Å². The van der Waals surface area contributed by atoms with Crippen LogP contribution in [0.5, 0.6) is 0 Å². The number of rotatable bonds is 5. The lowest BCUT2D eigenvalue weighted by molar-refractivity contribution is 0.303. The summed E-state index contributed by atoms with van der Waals surface area (Å²) in [5.74, 6) is -0.187. The summed E-state index contributed by atoms with van der Waals surface area (Å²) in [6.45, 7) is 3.07. The molecule has 0 heterocycles. The highest BCUT2D eigenvalue weighted by molar-refractivity contribution is 7.80. The van der Waals surface area contributed by atoms with E-state index in [-0.39, 0.29) is 11.7 Å². The fourth-order valence-corrected chi connectivity index (χ4v) is 1.87. The molecular formula is C12H16ClFN2S. The van der Waals surface area contributed by atoms with Crippen LogP contribution in [0.2, 0.25) is 5.02 Å². The molecule has 0 aromatic heterocycles. The molecule has 1 rings (SSSR count). The van der Waals surface area contributed by atoms with Crippen LogP contribution in [0.25, 0.3) is 0 Å². The highest BCUT2D eigenvalue weighted by atomic mass is 35.5. The predicted molar refractivity (Wildman–Crippen MR) is 73.7 cm³/mol. The molecule has 0 amide bonds. The summed E-state index contributed by atoms with van der Waals surface area (Å²) in [6, 6.07) is 4.69. The number of thiocarbonyl (C=S) groups is 1. The van der Waals surface area contributed by atoms with Crippen molar-refractivity contribution in [2.45, 2.75) is 13.5 Å². The Morgan fingerprint density at radius 1 is 1.59 bits per heavy atom. The fourth-order valence-electron chi connectivity index (χ4n) is 1.58. The summed E-state index contributed by atoms with van der Waals surface area (Å²) < 4.78 is 13.5. The molecule has 0 bridgehead atoms. The zero-order chi connectivity index (χ0) is 13.0. The Kier molecular flexibility index (Phi) is 5.31. The third kappa shape index (κ3) is 4.22. The molecule has 17 heavy (non-hydrogen) atoms. The van der Waals surface area contributed by atoms with E-state index in [1.807, 2.05) is 18.9 Å². The molecule has 1 unspecified atom stereocenters. The van der Waals surface area contributed by atoms with Crippen LogP contribution in [0.15, 0.2) is 18.2 Å². The van der Waals surface area contributed by atoms with Crippen LogP contribution in [0, 0.1) is 11.7 Å². The van der Waals surface area contributed by atoms with Gasteiger partial charge in [0, 0.05) is 29.6 Å². The van der Waals surface area contributed by atoms with E-state index < -0.39 is 0 Å². The summed E-state index contributed by atoms with van der Waals surface area (Å²) >= 11 is 10.9. The standard InChI is InChI=1S/C12H16ClFN2S/c1-8(12(15)17)6-16(2)7-9-10(13)4-3-5-11(9)14/h3-5,8H,6-7H2,1-2H3,(H2,15,17). The lowest BCUT2D eigenvalue weighted by Gasteiger charge is -2.21. The Hall–Kier alpha value is -0.710. The molecule has 0 saturated heterocycles. The Bertz CT molecular complexity index is 391. The Balaban J connectivity index is 2.68. The zero-order valence-electron chi connectivity index (χ0n) is 9.91. The second-order valence-electron chi connectivity index (χ2n) is 4.20. The fraction of sp³-hybridized carbons (Fsp3) is 0.417. The van der Waals surface area contributed by atoms with Crippen molar-refractivity contribution in [3.63, 3.8) is 0 Å². The van der Waals surface area contributed by atoms with Gasteiger partial charge in [0.05, 0.1) is 4.99 Å². The van der Waals surface area contributed by atoms with Crippen LogP contribution >= 0.6 is 23.8 Å². The van der Waals surface area contributed by atoms with Gasteiger partial charge in [-0.15, -0.1) is 0 Å². The number of nitrogens with zero attached hydrogens (tertiary/aromatic N) is 1. The molecule has 0 fully saturated rings. The van der Waals surface area contributed by atoms with E-state index in [4.69, 9.17) is 29.6 Å². The second-order valence-corrected chi connectivity index (χ2v) is 5.08. The highest BCUT2D eigenvalue weighted by Crippen LogP contribution is 2.20. The van der Waals surface area contributed by atoms with Crippen molar-refractivity contribution in [1.82, 2.24) is 4.90 Å². The minimum Gasteiger partial charge on any atom is -0.393 e. The van der Waals surface area contributed by atoms with Crippen molar-refractivity contribution in [1.29, 1.82) is 0 Å². The van der Waals surface area contributed by atoms with Gasteiger partial charge in [-0.2, -0.15) is 0 Å². The third-order valence-corrected chi connectivity index (χ3v) is 3.32. The molecule has 2 N–H and O–H groups in total. The number of nitrogens with two attached hydrogens (primary N) is 1. The highest BCUT2D eigenvalue weighted by Gasteiger charge is 2.13. The van der Waals surface area contributed by atoms with Crippen molar-refractivity contribution in [3.05, 3.63) is 34.6 Å². The van der Waals surface area contributed by atoms with Gasteiger partial charge in [0.2, 0.25) is 0 Å². The SMILES string of the molecule is CC(CN(C)Cc1c(F)cccc1Cl)C(N)=S. The first kappa shape index (κ1) is 14.4. The first-order valence-electron chi connectivity index (χ1n) is 5.32. The molecular weight excluding hydrogens is 259 g/mol. The monoisotopic (exact) mass is 274 g/mol.